The van der Waals surface area contributed by atoms with Crippen molar-refractivity contribution in [1.29, 1.82) is 0 Å². The lowest BCUT2D eigenvalue weighted by atomic mass is 10.1. The third kappa shape index (κ3) is 3.20. The summed E-state index contributed by atoms with van der Waals surface area (Å²) in [7, 11) is 0. The van der Waals surface area contributed by atoms with Gasteiger partial charge in [0.1, 0.15) is 5.75 Å². The summed E-state index contributed by atoms with van der Waals surface area (Å²) in [6.07, 6.45) is 3.45. The number of hydrogen-bond acceptors (Lipinski definition) is 3. The van der Waals surface area contributed by atoms with E-state index in [0.717, 1.165) is 12.8 Å². The number of aliphatic hydroxyl groups excluding tert-OH is 1. The topological polar surface area (TPSA) is 58.6 Å². The summed E-state index contributed by atoms with van der Waals surface area (Å²) in [6, 6.07) is 5.79. The molecule has 0 saturated heterocycles. The highest BCUT2D eigenvalue weighted by molar-refractivity contribution is 5.70. The molecule has 0 atom stereocenters. The van der Waals surface area contributed by atoms with Gasteiger partial charge in [0.25, 0.3) is 0 Å². The van der Waals surface area contributed by atoms with E-state index in [0.29, 0.717) is 18.7 Å². The van der Waals surface area contributed by atoms with E-state index in [1.54, 1.807) is 0 Å². The SMILES string of the molecule is O=C(NCCCO)Oc1ccc2c(c1)CCC2. The van der Waals surface area contributed by atoms with Gasteiger partial charge in [0.2, 0.25) is 0 Å². The Bertz CT molecular complexity index is 404. The first-order chi connectivity index (χ1) is 8.29. The standard InChI is InChI=1S/C13H17NO3/c15-8-2-7-14-13(16)17-12-6-5-10-3-1-4-11(10)9-12/h5-6,9,15H,1-4,7-8H2,(H,14,16). The zero-order chi connectivity index (χ0) is 12.1. The van der Waals surface area contributed by atoms with Crippen LogP contribution >= 0.6 is 0 Å². The summed E-state index contributed by atoms with van der Waals surface area (Å²) in [5.41, 5.74) is 2.64. The molecule has 2 rings (SSSR count). The number of hydrogen-bond donors (Lipinski definition) is 2. The number of aryl methyl sites for hydroxylation is 2. The summed E-state index contributed by atoms with van der Waals surface area (Å²) in [5, 5.41) is 11.2. The molecule has 0 radical (unpaired) electrons. The van der Waals surface area contributed by atoms with Gasteiger partial charge in [0, 0.05) is 13.2 Å². The van der Waals surface area contributed by atoms with Crippen molar-refractivity contribution in [2.75, 3.05) is 13.2 Å². The maximum Gasteiger partial charge on any atom is 0.412 e. The van der Waals surface area contributed by atoms with Crippen molar-refractivity contribution < 1.29 is 14.6 Å². The van der Waals surface area contributed by atoms with E-state index in [-0.39, 0.29) is 6.61 Å². The molecule has 0 saturated carbocycles. The number of nitrogens with one attached hydrogen (secondary N) is 1. The van der Waals surface area contributed by atoms with Crippen LogP contribution in [0.15, 0.2) is 18.2 Å². The molecular formula is C13H17NO3. The summed E-state index contributed by atoms with van der Waals surface area (Å²) >= 11 is 0. The molecule has 0 heterocycles. The fourth-order valence-corrected chi connectivity index (χ4v) is 2.02. The molecule has 0 spiro atoms. The van der Waals surface area contributed by atoms with Crippen LogP contribution in [0.4, 0.5) is 4.79 Å². The van der Waals surface area contributed by atoms with Crippen LogP contribution in [0.1, 0.15) is 24.0 Å². The second kappa shape index (κ2) is 5.68. The molecule has 2 N–H and O–H groups in total. The normalized spacial score (nSPS) is 13.2. The average molecular weight is 235 g/mol. The highest BCUT2D eigenvalue weighted by atomic mass is 16.6. The Kier molecular flexibility index (Phi) is 3.98. The summed E-state index contributed by atoms with van der Waals surface area (Å²) in [4.78, 5) is 11.4. The van der Waals surface area contributed by atoms with Gasteiger partial charge in [-0.05, 0) is 48.9 Å². The van der Waals surface area contributed by atoms with Crippen LogP contribution in [0, 0.1) is 0 Å². The Morgan fingerprint density at radius 3 is 3.00 bits per heavy atom. The van der Waals surface area contributed by atoms with Crippen LogP contribution in [0.5, 0.6) is 5.75 Å². The van der Waals surface area contributed by atoms with Gasteiger partial charge < -0.3 is 15.2 Å². The lowest BCUT2D eigenvalue weighted by Gasteiger charge is -2.07. The van der Waals surface area contributed by atoms with Gasteiger partial charge in [0.15, 0.2) is 0 Å². The molecule has 0 bridgehead atoms. The van der Waals surface area contributed by atoms with E-state index in [4.69, 9.17) is 9.84 Å². The molecule has 4 nitrogen and oxygen atoms in total. The van der Waals surface area contributed by atoms with Crippen LogP contribution < -0.4 is 10.1 Å². The highest BCUT2D eigenvalue weighted by Gasteiger charge is 2.12. The first-order valence-electron chi connectivity index (χ1n) is 5.98. The van der Waals surface area contributed by atoms with Crippen LogP contribution in [-0.2, 0) is 12.8 Å². The van der Waals surface area contributed by atoms with Crippen molar-refractivity contribution in [2.24, 2.45) is 0 Å². The van der Waals surface area contributed by atoms with Gasteiger partial charge in [-0.3, -0.25) is 0 Å². The largest absolute Gasteiger partial charge is 0.412 e. The smallest absolute Gasteiger partial charge is 0.410 e. The third-order valence-corrected chi connectivity index (χ3v) is 2.88. The number of aliphatic hydroxyl groups is 1. The number of rotatable bonds is 4. The summed E-state index contributed by atoms with van der Waals surface area (Å²) < 4.78 is 5.15. The molecule has 1 aromatic carbocycles. The van der Waals surface area contributed by atoms with Gasteiger partial charge in [-0.1, -0.05) is 6.07 Å². The fraction of sp³-hybridized carbons (Fsp3) is 0.462. The van der Waals surface area contributed by atoms with Crippen LogP contribution in [0.25, 0.3) is 0 Å². The lowest BCUT2D eigenvalue weighted by molar-refractivity contribution is 0.198. The molecule has 0 fully saturated rings. The van der Waals surface area contributed by atoms with Crippen molar-refractivity contribution in [3.05, 3.63) is 29.3 Å². The monoisotopic (exact) mass is 235 g/mol. The molecule has 1 aliphatic rings. The molecular weight excluding hydrogens is 218 g/mol. The summed E-state index contributed by atoms with van der Waals surface area (Å²) in [5.74, 6) is 0.590. The van der Waals surface area contributed by atoms with Crippen molar-refractivity contribution in [2.45, 2.75) is 25.7 Å². The molecule has 1 aromatic rings. The molecule has 92 valence electrons. The van der Waals surface area contributed by atoms with E-state index in [9.17, 15) is 4.79 Å². The minimum Gasteiger partial charge on any atom is -0.410 e. The minimum atomic E-state index is -0.462. The van der Waals surface area contributed by atoms with E-state index in [1.807, 2.05) is 18.2 Å². The van der Waals surface area contributed by atoms with E-state index in [2.05, 4.69) is 5.32 Å². The Hall–Kier alpha value is -1.55. The van der Waals surface area contributed by atoms with Gasteiger partial charge in [0.05, 0.1) is 0 Å². The predicted molar refractivity (Wildman–Crippen MR) is 64.2 cm³/mol. The average Bonchev–Trinajstić information content (AvgIpc) is 2.76. The molecule has 0 unspecified atom stereocenters. The first kappa shape index (κ1) is 11.9. The number of carbonyl (C=O) groups is 1. The van der Waals surface area contributed by atoms with E-state index in [1.165, 1.54) is 17.5 Å². The number of ether oxygens (including phenoxy) is 1. The Morgan fingerprint density at radius 1 is 1.35 bits per heavy atom. The quantitative estimate of drug-likeness (QED) is 0.780. The Balaban J connectivity index is 1.88. The fourth-order valence-electron chi connectivity index (χ4n) is 2.02. The maximum atomic E-state index is 11.4. The van der Waals surface area contributed by atoms with Crippen molar-refractivity contribution in [1.82, 2.24) is 5.32 Å². The van der Waals surface area contributed by atoms with Crippen LogP contribution in [0.2, 0.25) is 0 Å². The van der Waals surface area contributed by atoms with Gasteiger partial charge in [-0.2, -0.15) is 0 Å². The van der Waals surface area contributed by atoms with E-state index < -0.39 is 6.09 Å². The van der Waals surface area contributed by atoms with Crippen LogP contribution in [0.3, 0.4) is 0 Å². The number of fused-ring (bicyclic) bond motifs is 1. The molecule has 1 aliphatic carbocycles. The molecule has 0 aromatic heterocycles. The zero-order valence-corrected chi connectivity index (χ0v) is 9.74. The Morgan fingerprint density at radius 2 is 2.18 bits per heavy atom. The Labute approximate surface area is 101 Å². The van der Waals surface area contributed by atoms with Gasteiger partial charge >= 0.3 is 6.09 Å². The second-order valence-electron chi connectivity index (χ2n) is 4.18. The predicted octanol–water partition coefficient (Wildman–Crippen LogP) is 1.65. The second-order valence-corrected chi connectivity index (χ2v) is 4.18. The van der Waals surface area contributed by atoms with Crippen molar-refractivity contribution in [3.8, 4) is 5.75 Å². The number of benzene rings is 1. The van der Waals surface area contributed by atoms with E-state index >= 15 is 0 Å². The summed E-state index contributed by atoms with van der Waals surface area (Å²) in [6.45, 7) is 0.499. The number of carbonyl (C=O) groups excluding carboxylic acids is 1. The van der Waals surface area contributed by atoms with Crippen molar-refractivity contribution in [3.63, 3.8) is 0 Å². The third-order valence-electron chi connectivity index (χ3n) is 2.88. The lowest BCUT2D eigenvalue weighted by Crippen LogP contribution is -2.28. The first-order valence-corrected chi connectivity index (χ1v) is 5.98. The molecule has 0 aliphatic heterocycles. The number of amides is 1. The van der Waals surface area contributed by atoms with Gasteiger partial charge in [-0.25, -0.2) is 4.79 Å². The maximum absolute atomic E-state index is 11.4. The van der Waals surface area contributed by atoms with Crippen LogP contribution in [-0.4, -0.2) is 24.4 Å². The molecule has 17 heavy (non-hydrogen) atoms. The molecule has 1 amide bonds. The van der Waals surface area contributed by atoms with Crippen molar-refractivity contribution >= 4 is 6.09 Å². The van der Waals surface area contributed by atoms with Gasteiger partial charge in [-0.15, -0.1) is 0 Å². The minimum absolute atomic E-state index is 0.0686. The zero-order valence-electron chi connectivity index (χ0n) is 9.74. The molecule has 4 heteroatoms. The highest BCUT2D eigenvalue weighted by Crippen LogP contribution is 2.25.